The second-order valence-electron chi connectivity index (χ2n) is 6.36. The van der Waals surface area contributed by atoms with Gasteiger partial charge in [0.2, 0.25) is 0 Å². The summed E-state index contributed by atoms with van der Waals surface area (Å²) >= 11 is 13.8. The zero-order valence-corrected chi connectivity index (χ0v) is 18.5. The molecular formula is C20H21Cl2N3O3S. The summed E-state index contributed by atoms with van der Waals surface area (Å²) in [4.78, 5) is 21.4. The molecule has 3 rings (SSSR count). The van der Waals surface area contributed by atoms with Crippen molar-refractivity contribution in [3.05, 3.63) is 45.0 Å². The van der Waals surface area contributed by atoms with Crippen molar-refractivity contribution in [3.8, 4) is 5.75 Å². The number of carbonyl (C=O) groups excluding carboxylic acids is 1. The quantitative estimate of drug-likeness (QED) is 0.340. The predicted octanol–water partition coefficient (Wildman–Crippen LogP) is 5.50. The number of fused-ring (bicyclic) bond motifs is 1. The number of unbranched alkanes of at least 4 members (excludes halogenated alkanes) is 1. The van der Waals surface area contributed by atoms with Crippen LogP contribution in [-0.2, 0) is 22.5 Å². The van der Waals surface area contributed by atoms with Gasteiger partial charge in [0.05, 0.1) is 29.0 Å². The molecule has 1 N–H and O–H groups in total. The third-order valence-corrected chi connectivity index (χ3v) is 5.80. The molecule has 0 bridgehead atoms. The highest BCUT2D eigenvalue weighted by atomic mass is 35.5. The van der Waals surface area contributed by atoms with Crippen LogP contribution in [-0.4, -0.2) is 30.2 Å². The number of ether oxygens (including phenoxy) is 2. The summed E-state index contributed by atoms with van der Waals surface area (Å²) in [5.41, 5.74) is 1.00. The van der Waals surface area contributed by atoms with E-state index in [1.807, 2.05) is 24.3 Å². The minimum absolute atomic E-state index is 0.202. The molecule has 0 aliphatic rings. The summed E-state index contributed by atoms with van der Waals surface area (Å²) in [5.74, 6) is 1.88. The van der Waals surface area contributed by atoms with Crippen molar-refractivity contribution in [2.24, 2.45) is 0 Å². The Balaban J connectivity index is 1.73. The van der Waals surface area contributed by atoms with Crippen molar-refractivity contribution in [3.63, 3.8) is 0 Å². The van der Waals surface area contributed by atoms with Crippen molar-refractivity contribution in [1.29, 1.82) is 0 Å². The number of benzene rings is 1. The summed E-state index contributed by atoms with van der Waals surface area (Å²) in [6.45, 7) is 0.547. The van der Waals surface area contributed by atoms with Crippen LogP contribution in [0.5, 0.6) is 5.75 Å². The number of methoxy groups -OCH3 is 2. The standard InChI is InChI=1S/C20H21Cl2N3O3S/c1-27-15-8-7-12(9-14(15)21)11-23-19-13-10-16(22)29-20(13)25-17(24-19)5-3-4-6-18(26)28-2/h7-10H,3-6,11H2,1-2H3,(H,23,24,25). The van der Waals surface area contributed by atoms with Crippen molar-refractivity contribution in [2.45, 2.75) is 32.2 Å². The molecule has 2 heterocycles. The summed E-state index contributed by atoms with van der Waals surface area (Å²) in [7, 11) is 2.98. The third-order valence-electron chi connectivity index (χ3n) is 4.34. The molecule has 3 aromatic rings. The molecule has 6 nitrogen and oxygen atoms in total. The third kappa shape index (κ3) is 5.72. The number of hydrogen-bond acceptors (Lipinski definition) is 7. The fourth-order valence-corrected chi connectivity index (χ4v) is 4.23. The highest BCUT2D eigenvalue weighted by Crippen LogP contribution is 2.33. The maximum absolute atomic E-state index is 11.2. The molecular weight excluding hydrogens is 433 g/mol. The zero-order valence-electron chi connectivity index (χ0n) is 16.1. The van der Waals surface area contributed by atoms with Gasteiger partial charge < -0.3 is 14.8 Å². The number of hydrogen-bond donors (Lipinski definition) is 1. The first-order valence-corrected chi connectivity index (χ1v) is 10.7. The van der Waals surface area contributed by atoms with Crippen LogP contribution >= 0.6 is 34.5 Å². The highest BCUT2D eigenvalue weighted by molar-refractivity contribution is 7.22. The number of halogens is 2. The maximum atomic E-state index is 11.2. The van der Waals surface area contributed by atoms with E-state index in [9.17, 15) is 4.79 Å². The highest BCUT2D eigenvalue weighted by Gasteiger charge is 2.12. The zero-order chi connectivity index (χ0) is 20.8. The molecule has 0 atom stereocenters. The Morgan fingerprint density at radius 1 is 1.17 bits per heavy atom. The van der Waals surface area contributed by atoms with Crippen LogP contribution in [0.25, 0.3) is 10.2 Å². The van der Waals surface area contributed by atoms with E-state index in [2.05, 4.69) is 20.0 Å². The number of rotatable bonds is 9. The Bertz CT molecular complexity index is 1010. The molecule has 1 aromatic carbocycles. The van der Waals surface area contributed by atoms with Crippen LogP contribution in [0, 0.1) is 0 Å². The fraction of sp³-hybridized carbons (Fsp3) is 0.350. The van der Waals surface area contributed by atoms with E-state index in [1.54, 1.807) is 7.11 Å². The van der Waals surface area contributed by atoms with E-state index in [0.29, 0.717) is 34.5 Å². The van der Waals surface area contributed by atoms with Gasteiger partial charge in [0, 0.05) is 19.4 Å². The van der Waals surface area contributed by atoms with Crippen LogP contribution in [0.4, 0.5) is 5.82 Å². The first kappa shape index (κ1) is 21.6. The lowest BCUT2D eigenvalue weighted by Gasteiger charge is -2.10. The molecule has 0 aliphatic heterocycles. The van der Waals surface area contributed by atoms with Gasteiger partial charge in [-0.1, -0.05) is 29.3 Å². The molecule has 0 radical (unpaired) electrons. The molecule has 0 unspecified atom stereocenters. The number of nitrogens with one attached hydrogen (secondary N) is 1. The van der Waals surface area contributed by atoms with Gasteiger partial charge >= 0.3 is 5.97 Å². The largest absolute Gasteiger partial charge is 0.495 e. The Morgan fingerprint density at radius 3 is 2.72 bits per heavy atom. The first-order chi connectivity index (χ1) is 14.0. The number of esters is 1. The minimum Gasteiger partial charge on any atom is -0.495 e. The van der Waals surface area contributed by atoms with Crippen LogP contribution in [0.15, 0.2) is 24.3 Å². The Kier molecular flexibility index (Phi) is 7.52. The average molecular weight is 454 g/mol. The van der Waals surface area contributed by atoms with Gasteiger partial charge in [-0.15, -0.1) is 11.3 Å². The first-order valence-electron chi connectivity index (χ1n) is 9.09. The molecule has 29 heavy (non-hydrogen) atoms. The van der Waals surface area contributed by atoms with Crippen molar-refractivity contribution in [1.82, 2.24) is 9.97 Å². The lowest BCUT2D eigenvalue weighted by atomic mass is 10.2. The molecule has 0 amide bonds. The van der Waals surface area contributed by atoms with E-state index in [4.69, 9.17) is 27.9 Å². The summed E-state index contributed by atoms with van der Waals surface area (Å²) in [5, 5.41) is 4.81. The SMILES string of the molecule is COC(=O)CCCCc1nc(NCc2ccc(OC)c(Cl)c2)c2cc(Cl)sc2n1. The van der Waals surface area contributed by atoms with Gasteiger partial charge in [0.15, 0.2) is 0 Å². The summed E-state index contributed by atoms with van der Waals surface area (Å²) in [6.07, 6.45) is 2.60. The van der Waals surface area contributed by atoms with Crippen molar-refractivity contribution < 1.29 is 14.3 Å². The van der Waals surface area contributed by atoms with Crippen molar-refractivity contribution >= 4 is 56.5 Å². The van der Waals surface area contributed by atoms with Gasteiger partial charge in [-0.05, 0) is 36.6 Å². The second kappa shape index (κ2) is 10.1. The number of aryl methyl sites for hydroxylation is 1. The normalized spacial score (nSPS) is 10.9. The van der Waals surface area contributed by atoms with Crippen LogP contribution in [0.3, 0.4) is 0 Å². The molecule has 2 aromatic heterocycles. The topological polar surface area (TPSA) is 73.3 Å². The van der Waals surface area contributed by atoms with Gasteiger partial charge in [-0.2, -0.15) is 0 Å². The maximum Gasteiger partial charge on any atom is 0.305 e. The van der Waals surface area contributed by atoms with E-state index in [1.165, 1.54) is 18.4 Å². The Morgan fingerprint density at radius 2 is 2.00 bits per heavy atom. The summed E-state index contributed by atoms with van der Waals surface area (Å²) < 4.78 is 10.5. The van der Waals surface area contributed by atoms with Gasteiger partial charge in [-0.3, -0.25) is 4.79 Å². The molecule has 0 aliphatic carbocycles. The Hall–Kier alpha value is -2.09. The fourth-order valence-electron chi connectivity index (χ4n) is 2.84. The Labute approximate surface area is 183 Å². The number of anilines is 1. The smallest absolute Gasteiger partial charge is 0.305 e. The van der Waals surface area contributed by atoms with Gasteiger partial charge in [-0.25, -0.2) is 9.97 Å². The van der Waals surface area contributed by atoms with E-state index < -0.39 is 0 Å². The van der Waals surface area contributed by atoms with Crippen LogP contribution < -0.4 is 10.1 Å². The van der Waals surface area contributed by atoms with Gasteiger partial charge in [0.1, 0.15) is 22.2 Å². The lowest BCUT2D eigenvalue weighted by molar-refractivity contribution is -0.140. The minimum atomic E-state index is -0.202. The predicted molar refractivity (Wildman–Crippen MR) is 117 cm³/mol. The molecule has 0 fully saturated rings. The number of thiophene rings is 1. The number of aromatic nitrogens is 2. The monoisotopic (exact) mass is 453 g/mol. The van der Waals surface area contributed by atoms with E-state index >= 15 is 0 Å². The van der Waals surface area contributed by atoms with Gasteiger partial charge in [0.25, 0.3) is 0 Å². The van der Waals surface area contributed by atoms with Crippen LogP contribution in [0.1, 0.15) is 30.7 Å². The van der Waals surface area contributed by atoms with Crippen molar-refractivity contribution in [2.75, 3.05) is 19.5 Å². The molecule has 0 spiro atoms. The average Bonchev–Trinajstić information content (AvgIpc) is 3.09. The number of nitrogens with zero attached hydrogens (tertiary/aromatic N) is 2. The van der Waals surface area contributed by atoms with Crippen LogP contribution in [0.2, 0.25) is 9.36 Å². The number of carbonyl (C=O) groups is 1. The molecule has 154 valence electrons. The lowest BCUT2D eigenvalue weighted by Crippen LogP contribution is -2.06. The van der Waals surface area contributed by atoms with E-state index in [0.717, 1.165) is 40.3 Å². The summed E-state index contributed by atoms with van der Waals surface area (Å²) in [6, 6.07) is 7.51. The molecule has 0 saturated heterocycles. The molecule has 0 saturated carbocycles. The molecule has 9 heteroatoms. The second-order valence-corrected chi connectivity index (χ2v) is 8.43. The van der Waals surface area contributed by atoms with E-state index in [-0.39, 0.29) is 5.97 Å².